The smallest absolute Gasteiger partial charge is 0.135 e. The average molecular weight is 307 g/mol. The highest BCUT2D eigenvalue weighted by Gasteiger charge is 2.74. The Bertz CT molecular complexity index is 280. The van der Waals surface area contributed by atoms with E-state index in [1.54, 1.807) is 0 Å². The molecule has 0 nitrogen and oxygen atoms in total. The Morgan fingerprint density at radius 2 is 0.800 bits per heavy atom. The molecule has 0 N–H and O–H groups in total. The SMILES string of the molecule is FC(F)(F)[P+](C1CCCC1)(C1CCCC1)C1CCCC1. The molecule has 0 spiro atoms. The molecule has 3 fully saturated rings. The first-order chi connectivity index (χ1) is 9.57. The fraction of sp³-hybridized carbons (Fsp3) is 1.00. The second-order valence-electron chi connectivity index (χ2n) is 7.12. The average Bonchev–Trinajstić information content (AvgIpc) is 3.13. The fourth-order valence-electron chi connectivity index (χ4n) is 5.51. The van der Waals surface area contributed by atoms with Crippen LogP contribution in [0, 0.1) is 0 Å². The van der Waals surface area contributed by atoms with Crippen LogP contribution in [-0.4, -0.2) is 22.9 Å². The largest absolute Gasteiger partial charge is 0.509 e. The van der Waals surface area contributed by atoms with Crippen molar-refractivity contribution in [1.29, 1.82) is 0 Å². The molecule has 0 aromatic carbocycles. The molecule has 3 saturated carbocycles. The van der Waals surface area contributed by atoms with Gasteiger partial charge in [0.15, 0.2) is 0 Å². The predicted octanol–water partition coefficient (Wildman–Crippen LogP) is 6.35. The van der Waals surface area contributed by atoms with Gasteiger partial charge in [-0.3, -0.25) is 0 Å². The lowest BCUT2D eigenvalue weighted by Crippen LogP contribution is -2.38. The van der Waals surface area contributed by atoms with E-state index in [0.717, 1.165) is 77.0 Å². The predicted molar refractivity (Wildman–Crippen MR) is 79.7 cm³/mol. The molecule has 0 aromatic rings. The Morgan fingerprint density at radius 1 is 0.550 bits per heavy atom. The summed E-state index contributed by atoms with van der Waals surface area (Å²) in [7, 11) is -2.82. The van der Waals surface area contributed by atoms with Crippen molar-refractivity contribution in [3.63, 3.8) is 0 Å². The molecular formula is C16H27F3P+. The van der Waals surface area contributed by atoms with Gasteiger partial charge in [-0.2, -0.15) is 0 Å². The number of halogens is 3. The Morgan fingerprint density at radius 3 is 1.00 bits per heavy atom. The van der Waals surface area contributed by atoms with E-state index < -0.39 is 13.2 Å². The fourth-order valence-corrected chi connectivity index (χ4v) is 12.2. The number of hydrogen-bond donors (Lipinski definition) is 0. The molecule has 116 valence electrons. The molecule has 0 amide bonds. The molecule has 0 saturated heterocycles. The molecule has 0 unspecified atom stereocenters. The molecule has 0 aliphatic heterocycles. The first-order valence-corrected chi connectivity index (χ1v) is 10.5. The molecule has 0 aromatic heterocycles. The Balaban J connectivity index is 2.01. The molecule has 0 bridgehead atoms. The highest BCUT2D eigenvalue weighted by molar-refractivity contribution is 7.78. The minimum absolute atomic E-state index is 0.0358. The van der Waals surface area contributed by atoms with Gasteiger partial charge >= 0.3 is 5.92 Å². The zero-order valence-corrected chi connectivity index (χ0v) is 13.2. The lowest BCUT2D eigenvalue weighted by Gasteiger charge is -2.42. The standard InChI is InChI=1S/C16H27F3P/c17-16(18,19)20(13-7-1-2-8-13,14-9-3-4-10-14)15-11-5-6-12-15/h13-15H,1-12H2/q+1. The van der Waals surface area contributed by atoms with Gasteiger partial charge < -0.3 is 0 Å². The molecule has 0 heterocycles. The molecule has 0 radical (unpaired) electrons. The lowest BCUT2D eigenvalue weighted by molar-refractivity contribution is -0.0470. The van der Waals surface area contributed by atoms with Crippen molar-refractivity contribution in [3.05, 3.63) is 0 Å². The number of hydrogen-bond acceptors (Lipinski definition) is 0. The maximum Gasteiger partial charge on any atom is 0.509 e. The summed E-state index contributed by atoms with van der Waals surface area (Å²) >= 11 is 0. The summed E-state index contributed by atoms with van der Waals surface area (Å²) in [6.45, 7) is 0. The summed E-state index contributed by atoms with van der Waals surface area (Å²) in [6, 6.07) is 0. The topological polar surface area (TPSA) is 0 Å². The molecule has 3 aliphatic rings. The van der Waals surface area contributed by atoms with E-state index in [2.05, 4.69) is 0 Å². The van der Waals surface area contributed by atoms with Crippen LogP contribution in [0.2, 0.25) is 0 Å². The van der Waals surface area contributed by atoms with Crippen molar-refractivity contribution >= 4 is 7.26 Å². The first-order valence-electron chi connectivity index (χ1n) is 8.51. The minimum atomic E-state index is -3.88. The molecule has 4 heteroatoms. The summed E-state index contributed by atoms with van der Waals surface area (Å²) < 4.78 is 43.1. The van der Waals surface area contributed by atoms with E-state index >= 15 is 0 Å². The van der Waals surface area contributed by atoms with Gasteiger partial charge in [-0.1, -0.05) is 0 Å². The maximum absolute atomic E-state index is 14.4. The first kappa shape index (κ1) is 15.1. The van der Waals surface area contributed by atoms with E-state index in [9.17, 15) is 13.2 Å². The third-order valence-electron chi connectivity index (χ3n) is 6.23. The van der Waals surface area contributed by atoms with Crippen LogP contribution in [0.15, 0.2) is 0 Å². The monoisotopic (exact) mass is 307 g/mol. The van der Waals surface area contributed by atoms with Crippen LogP contribution in [0.3, 0.4) is 0 Å². The summed E-state index contributed by atoms with van der Waals surface area (Å²) in [6.07, 6.45) is 11.5. The van der Waals surface area contributed by atoms with Gasteiger partial charge in [0.2, 0.25) is 0 Å². The van der Waals surface area contributed by atoms with Gasteiger partial charge in [0.1, 0.15) is 7.26 Å². The van der Waals surface area contributed by atoms with Gasteiger partial charge in [0.05, 0.1) is 17.0 Å². The lowest BCUT2D eigenvalue weighted by atomic mass is 10.3. The molecule has 20 heavy (non-hydrogen) atoms. The normalized spacial score (nSPS) is 27.8. The summed E-state index contributed by atoms with van der Waals surface area (Å²) in [5.74, 6) is -3.88. The van der Waals surface area contributed by atoms with E-state index in [1.807, 2.05) is 0 Å². The summed E-state index contributed by atoms with van der Waals surface area (Å²) in [5, 5.41) is 0. The third kappa shape index (κ3) is 2.32. The van der Waals surface area contributed by atoms with Gasteiger partial charge in [-0.25, -0.2) is 0 Å². The highest BCUT2D eigenvalue weighted by atomic mass is 31.2. The minimum Gasteiger partial charge on any atom is -0.135 e. The van der Waals surface area contributed by atoms with Crippen molar-refractivity contribution < 1.29 is 13.2 Å². The van der Waals surface area contributed by atoms with Crippen molar-refractivity contribution in [3.8, 4) is 0 Å². The van der Waals surface area contributed by atoms with Gasteiger partial charge in [0, 0.05) is 0 Å². The second-order valence-corrected chi connectivity index (χ2v) is 11.5. The highest BCUT2D eigenvalue weighted by Crippen LogP contribution is 2.85. The van der Waals surface area contributed by atoms with Crippen LogP contribution in [0.4, 0.5) is 13.2 Å². The van der Waals surface area contributed by atoms with Gasteiger partial charge in [0.25, 0.3) is 0 Å². The van der Waals surface area contributed by atoms with E-state index in [0.29, 0.717) is 0 Å². The quantitative estimate of drug-likeness (QED) is 0.533. The Kier molecular flexibility index (Phi) is 4.37. The maximum atomic E-state index is 14.4. The van der Waals surface area contributed by atoms with Crippen LogP contribution in [0.5, 0.6) is 0 Å². The van der Waals surface area contributed by atoms with Crippen LogP contribution >= 0.6 is 7.26 Å². The number of alkyl halides is 3. The Hall–Kier alpha value is 0.220. The second kappa shape index (κ2) is 5.78. The van der Waals surface area contributed by atoms with Crippen molar-refractivity contribution in [1.82, 2.24) is 0 Å². The van der Waals surface area contributed by atoms with Crippen molar-refractivity contribution in [2.24, 2.45) is 0 Å². The van der Waals surface area contributed by atoms with Crippen molar-refractivity contribution in [2.45, 2.75) is 99.9 Å². The molecule has 3 aliphatic carbocycles. The zero-order valence-electron chi connectivity index (χ0n) is 12.3. The van der Waals surface area contributed by atoms with E-state index in [1.165, 1.54) is 0 Å². The summed E-state index contributed by atoms with van der Waals surface area (Å²) in [5.41, 5.74) is 0.107. The number of rotatable bonds is 3. The molecular weight excluding hydrogens is 280 g/mol. The zero-order chi connectivity index (χ0) is 14.2. The summed E-state index contributed by atoms with van der Waals surface area (Å²) in [4.78, 5) is 0. The molecule has 0 atom stereocenters. The third-order valence-corrected chi connectivity index (χ3v) is 12.3. The van der Waals surface area contributed by atoms with Gasteiger partial charge in [-0.15, -0.1) is 13.2 Å². The van der Waals surface area contributed by atoms with E-state index in [-0.39, 0.29) is 17.0 Å². The van der Waals surface area contributed by atoms with Crippen molar-refractivity contribution in [2.75, 3.05) is 0 Å². The Labute approximate surface area is 121 Å². The van der Waals surface area contributed by atoms with Crippen LogP contribution < -0.4 is 0 Å². The van der Waals surface area contributed by atoms with Gasteiger partial charge in [-0.05, 0) is 77.0 Å². The van der Waals surface area contributed by atoms with Crippen LogP contribution in [0.1, 0.15) is 77.0 Å². The van der Waals surface area contributed by atoms with E-state index in [4.69, 9.17) is 0 Å². The van der Waals surface area contributed by atoms with Crippen LogP contribution in [0.25, 0.3) is 0 Å². The van der Waals surface area contributed by atoms with Crippen LogP contribution in [-0.2, 0) is 0 Å². The molecule has 3 rings (SSSR count).